The number of nitrogen functional groups attached to an aromatic ring is 1. The van der Waals surface area contributed by atoms with Gasteiger partial charge in [0, 0.05) is 5.39 Å². The van der Waals surface area contributed by atoms with E-state index in [4.69, 9.17) is 5.84 Å². The third-order valence-electron chi connectivity index (χ3n) is 2.80. The van der Waals surface area contributed by atoms with Gasteiger partial charge in [-0.25, -0.2) is 9.97 Å². The van der Waals surface area contributed by atoms with Gasteiger partial charge in [0.1, 0.15) is 5.69 Å². The molecule has 0 radical (unpaired) electrons. The summed E-state index contributed by atoms with van der Waals surface area (Å²) in [6.45, 7) is 0. The molecule has 0 atom stereocenters. The first-order valence-electron chi connectivity index (χ1n) is 5.96. The maximum Gasteiger partial charge on any atom is 0.276 e. The number of pyridine rings is 1. The van der Waals surface area contributed by atoms with Crippen molar-refractivity contribution in [2.24, 2.45) is 5.84 Å². The Labute approximate surface area is 132 Å². The second-order valence-electron chi connectivity index (χ2n) is 4.14. The molecule has 0 aliphatic rings. The highest BCUT2D eigenvalue weighted by atomic mass is 79.9. The molecule has 0 spiro atoms. The number of anilines is 2. The van der Waals surface area contributed by atoms with E-state index in [0.717, 1.165) is 9.17 Å². The molecular weight excluding hydrogens is 354 g/mol. The number of para-hydroxylation sites is 1. The molecule has 106 valence electrons. The van der Waals surface area contributed by atoms with Gasteiger partial charge in [-0.3, -0.25) is 16.0 Å². The first kappa shape index (κ1) is 13.9. The van der Waals surface area contributed by atoms with Crippen LogP contribution in [0, 0.1) is 0 Å². The fourth-order valence-corrected chi connectivity index (χ4v) is 2.99. The summed E-state index contributed by atoms with van der Waals surface area (Å²) in [5.74, 6) is 5.18. The lowest BCUT2D eigenvalue weighted by molar-refractivity contribution is 0.102. The number of hydrogen-bond acceptors (Lipinski definition) is 6. The second-order valence-corrected chi connectivity index (χ2v) is 6.55. The molecule has 0 fully saturated rings. The average Bonchev–Trinajstić information content (AvgIpc) is 2.91. The molecule has 2 heterocycles. The van der Waals surface area contributed by atoms with E-state index in [0.29, 0.717) is 16.3 Å². The van der Waals surface area contributed by atoms with Crippen LogP contribution in [0.2, 0.25) is 0 Å². The summed E-state index contributed by atoms with van der Waals surface area (Å²) in [5, 5.41) is 4.06. The number of nitrogens with two attached hydrogens (primary N) is 1. The minimum Gasteiger partial charge on any atom is -0.323 e. The minimum absolute atomic E-state index is 0.271. The van der Waals surface area contributed by atoms with Gasteiger partial charge < -0.3 is 5.43 Å². The predicted molar refractivity (Wildman–Crippen MR) is 87.3 cm³/mol. The Morgan fingerprint density at radius 1 is 1.33 bits per heavy atom. The van der Waals surface area contributed by atoms with E-state index in [2.05, 4.69) is 36.6 Å². The molecule has 0 saturated carbocycles. The molecule has 4 N–H and O–H groups in total. The van der Waals surface area contributed by atoms with Crippen LogP contribution in [0.5, 0.6) is 0 Å². The number of fused-ring (bicyclic) bond motifs is 1. The van der Waals surface area contributed by atoms with E-state index in [1.807, 2.05) is 24.3 Å². The molecule has 0 saturated heterocycles. The van der Waals surface area contributed by atoms with Gasteiger partial charge in [-0.1, -0.05) is 29.5 Å². The predicted octanol–water partition coefficient (Wildman–Crippen LogP) is 2.99. The van der Waals surface area contributed by atoms with Crippen molar-refractivity contribution in [3.05, 3.63) is 46.0 Å². The Morgan fingerprint density at radius 3 is 2.86 bits per heavy atom. The zero-order valence-electron chi connectivity index (χ0n) is 10.6. The van der Waals surface area contributed by atoms with Crippen molar-refractivity contribution in [1.82, 2.24) is 9.97 Å². The van der Waals surface area contributed by atoms with E-state index in [1.165, 1.54) is 11.3 Å². The van der Waals surface area contributed by atoms with E-state index in [9.17, 15) is 4.79 Å². The second kappa shape index (κ2) is 5.76. The molecule has 1 amide bonds. The van der Waals surface area contributed by atoms with Crippen LogP contribution in [-0.2, 0) is 0 Å². The first-order chi connectivity index (χ1) is 10.2. The number of carbonyl (C=O) groups is 1. The molecule has 21 heavy (non-hydrogen) atoms. The number of nitrogens with zero attached hydrogens (tertiary/aromatic N) is 2. The van der Waals surface area contributed by atoms with E-state index in [1.54, 1.807) is 12.3 Å². The summed E-state index contributed by atoms with van der Waals surface area (Å²) in [6.07, 6.45) is 1.63. The average molecular weight is 364 g/mol. The largest absolute Gasteiger partial charge is 0.323 e. The monoisotopic (exact) mass is 363 g/mol. The van der Waals surface area contributed by atoms with E-state index in [-0.39, 0.29) is 11.6 Å². The van der Waals surface area contributed by atoms with Crippen LogP contribution in [0.15, 0.2) is 40.3 Å². The van der Waals surface area contributed by atoms with Crippen LogP contribution in [0.3, 0.4) is 0 Å². The van der Waals surface area contributed by atoms with Crippen LogP contribution < -0.4 is 16.6 Å². The smallest absolute Gasteiger partial charge is 0.276 e. The maximum atomic E-state index is 12.2. The third kappa shape index (κ3) is 2.87. The molecule has 2 aromatic heterocycles. The van der Waals surface area contributed by atoms with Gasteiger partial charge in [0.15, 0.2) is 5.13 Å². The van der Waals surface area contributed by atoms with Gasteiger partial charge >= 0.3 is 0 Å². The molecule has 0 unspecified atom stereocenters. The van der Waals surface area contributed by atoms with E-state index < -0.39 is 0 Å². The maximum absolute atomic E-state index is 12.2. The summed E-state index contributed by atoms with van der Waals surface area (Å²) in [5.41, 5.74) is 4.20. The SMILES string of the molecule is NNc1cc(C(=O)Nc2ncc(Br)s2)nc2ccccc12. The molecule has 8 heteroatoms. The summed E-state index contributed by atoms with van der Waals surface area (Å²) in [6, 6.07) is 9.07. The van der Waals surface area contributed by atoms with Gasteiger partial charge in [-0.05, 0) is 28.1 Å². The lowest BCUT2D eigenvalue weighted by atomic mass is 10.1. The number of thiazole rings is 1. The molecule has 1 aromatic carbocycles. The number of carbonyl (C=O) groups excluding carboxylic acids is 1. The van der Waals surface area contributed by atoms with E-state index >= 15 is 0 Å². The number of hydrazine groups is 1. The quantitative estimate of drug-likeness (QED) is 0.491. The van der Waals surface area contributed by atoms with Gasteiger partial charge in [-0.15, -0.1) is 0 Å². The van der Waals surface area contributed by atoms with Crippen molar-refractivity contribution in [3.8, 4) is 0 Å². The van der Waals surface area contributed by atoms with Gasteiger partial charge in [-0.2, -0.15) is 0 Å². The Morgan fingerprint density at radius 2 is 2.14 bits per heavy atom. The highest BCUT2D eigenvalue weighted by Gasteiger charge is 2.13. The molecule has 0 bridgehead atoms. The number of amides is 1. The topological polar surface area (TPSA) is 92.9 Å². The van der Waals surface area contributed by atoms with Crippen molar-refractivity contribution >= 4 is 54.9 Å². The Balaban J connectivity index is 1.98. The fraction of sp³-hybridized carbons (Fsp3) is 0. The number of benzene rings is 1. The van der Waals surface area contributed by atoms with Crippen LogP contribution in [-0.4, -0.2) is 15.9 Å². The summed E-state index contributed by atoms with van der Waals surface area (Å²) < 4.78 is 0.841. The number of aromatic nitrogens is 2. The normalized spacial score (nSPS) is 10.6. The van der Waals surface area contributed by atoms with Crippen molar-refractivity contribution < 1.29 is 4.79 Å². The van der Waals surface area contributed by atoms with Crippen molar-refractivity contribution in [2.75, 3.05) is 10.7 Å². The molecule has 3 rings (SSSR count). The van der Waals surface area contributed by atoms with Crippen molar-refractivity contribution in [3.63, 3.8) is 0 Å². The summed E-state index contributed by atoms with van der Waals surface area (Å²) >= 11 is 4.63. The van der Waals surface area contributed by atoms with Gasteiger partial charge in [0.2, 0.25) is 0 Å². The van der Waals surface area contributed by atoms with Crippen LogP contribution in [0.1, 0.15) is 10.5 Å². The summed E-state index contributed by atoms with van der Waals surface area (Å²) in [4.78, 5) is 20.6. The Kier molecular flexibility index (Phi) is 3.82. The first-order valence-corrected chi connectivity index (χ1v) is 7.57. The standard InChI is InChI=1S/C13H10BrN5OS/c14-11-6-16-13(21-11)18-12(20)10-5-9(19-15)7-3-1-2-4-8(7)17-10/h1-6H,15H2,(H,17,19)(H,16,18,20). The number of halogens is 1. The summed E-state index contributed by atoms with van der Waals surface area (Å²) in [7, 11) is 0. The zero-order valence-corrected chi connectivity index (χ0v) is 13.0. The van der Waals surface area contributed by atoms with Crippen molar-refractivity contribution in [1.29, 1.82) is 0 Å². The molecule has 0 aliphatic heterocycles. The molecule has 0 aliphatic carbocycles. The van der Waals surface area contributed by atoms with Gasteiger partial charge in [0.05, 0.1) is 21.2 Å². The Bertz CT molecular complexity index is 819. The molecule has 3 aromatic rings. The van der Waals surface area contributed by atoms with Crippen LogP contribution in [0.25, 0.3) is 10.9 Å². The lowest BCUT2D eigenvalue weighted by Crippen LogP contribution is -2.15. The minimum atomic E-state index is -0.334. The zero-order chi connectivity index (χ0) is 14.8. The van der Waals surface area contributed by atoms with Crippen LogP contribution in [0.4, 0.5) is 10.8 Å². The fourth-order valence-electron chi connectivity index (χ4n) is 1.88. The lowest BCUT2D eigenvalue weighted by Gasteiger charge is -2.08. The highest BCUT2D eigenvalue weighted by Crippen LogP contribution is 2.25. The number of rotatable bonds is 3. The Hall–Kier alpha value is -2.03. The van der Waals surface area contributed by atoms with Gasteiger partial charge in [0.25, 0.3) is 5.91 Å². The van der Waals surface area contributed by atoms with Crippen LogP contribution >= 0.6 is 27.3 Å². The molecule has 6 nitrogen and oxygen atoms in total. The third-order valence-corrected chi connectivity index (χ3v) is 4.19. The highest BCUT2D eigenvalue weighted by molar-refractivity contribution is 9.11. The number of hydrogen-bond donors (Lipinski definition) is 3. The number of nitrogens with one attached hydrogen (secondary N) is 2. The van der Waals surface area contributed by atoms with Crippen molar-refractivity contribution in [2.45, 2.75) is 0 Å². The molecular formula is C13H10BrN5OS.